The van der Waals surface area contributed by atoms with E-state index >= 15 is 0 Å². The first-order chi connectivity index (χ1) is 9.47. The number of hydrogen-bond donors (Lipinski definition) is 2. The van der Waals surface area contributed by atoms with Crippen LogP contribution in [0.2, 0.25) is 0 Å². The monoisotopic (exact) mass is 300 g/mol. The van der Waals surface area contributed by atoms with Crippen LogP contribution in [-0.4, -0.2) is 34.4 Å². The van der Waals surface area contributed by atoms with Crippen LogP contribution in [-0.2, 0) is 27.9 Å². The fourth-order valence-corrected chi connectivity index (χ4v) is 2.34. The van der Waals surface area contributed by atoms with Gasteiger partial charge in [-0.05, 0) is 0 Å². The summed E-state index contributed by atoms with van der Waals surface area (Å²) in [7, 11) is -3.72. The van der Waals surface area contributed by atoms with Gasteiger partial charge in [0.05, 0.1) is 31.9 Å². The number of nitrogens with zero attached hydrogens (tertiary/aromatic N) is 3. The number of nitrogens with one attached hydrogen (secondary N) is 1. The van der Waals surface area contributed by atoms with E-state index in [1.165, 1.54) is 17.1 Å². The van der Waals surface area contributed by atoms with Crippen molar-refractivity contribution in [2.24, 2.45) is 0 Å². The molecule has 0 unspecified atom stereocenters. The highest BCUT2D eigenvalue weighted by Gasteiger charge is 2.17. The molecule has 2 heterocycles. The van der Waals surface area contributed by atoms with Crippen LogP contribution >= 0.6 is 0 Å². The zero-order valence-electron chi connectivity index (χ0n) is 10.3. The van der Waals surface area contributed by atoms with Gasteiger partial charge in [0.2, 0.25) is 10.0 Å². The Kier molecular flexibility index (Phi) is 4.15. The molecule has 2 aromatic heterocycles. The second-order valence-electron chi connectivity index (χ2n) is 3.89. The molecule has 0 aliphatic heterocycles. The lowest BCUT2D eigenvalue weighted by Gasteiger charge is -2.01. The van der Waals surface area contributed by atoms with Crippen LogP contribution in [0.4, 0.5) is 0 Å². The summed E-state index contributed by atoms with van der Waals surface area (Å²) >= 11 is 0. The predicted molar refractivity (Wildman–Crippen MR) is 65.0 cm³/mol. The quantitative estimate of drug-likeness (QED) is 0.726. The number of carboxylic acid groups (broad SMARTS) is 1. The van der Waals surface area contributed by atoms with Crippen LogP contribution in [0.3, 0.4) is 0 Å². The molecule has 2 N–H and O–H groups in total. The van der Waals surface area contributed by atoms with Crippen molar-refractivity contribution in [1.29, 1.82) is 0 Å². The van der Waals surface area contributed by atoms with Gasteiger partial charge in [-0.25, -0.2) is 13.1 Å². The smallest absolute Gasteiger partial charge is 0.305 e. The number of aliphatic carboxylic acids is 1. The summed E-state index contributed by atoms with van der Waals surface area (Å²) in [6.07, 6.45) is 3.70. The van der Waals surface area contributed by atoms with E-state index < -0.39 is 16.0 Å². The molecule has 0 saturated heterocycles. The van der Waals surface area contributed by atoms with Gasteiger partial charge in [0.15, 0.2) is 5.76 Å². The van der Waals surface area contributed by atoms with E-state index in [-0.39, 0.29) is 24.4 Å². The molecule has 20 heavy (non-hydrogen) atoms. The molecule has 0 fully saturated rings. The Balaban J connectivity index is 2.00. The minimum Gasteiger partial charge on any atom is -0.481 e. The normalized spacial score (nSPS) is 11.6. The van der Waals surface area contributed by atoms with Gasteiger partial charge in [0, 0.05) is 12.3 Å². The average Bonchev–Trinajstić information content (AvgIpc) is 3.05. The Bertz CT molecular complexity index is 676. The first kappa shape index (κ1) is 14.2. The van der Waals surface area contributed by atoms with E-state index in [1.54, 1.807) is 6.07 Å². The first-order valence-corrected chi connectivity index (χ1v) is 7.09. The maximum Gasteiger partial charge on any atom is 0.305 e. The van der Waals surface area contributed by atoms with E-state index in [9.17, 15) is 13.2 Å². The summed E-state index contributed by atoms with van der Waals surface area (Å²) in [6, 6.07) is 1.54. The molecule has 0 saturated carbocycles. The predicted octanol–water partition coefficient (Wildman–Crippen LogP) is -0.176. The molecule has 0 atom stereocenters. The van der Waals surface area contributed by atoms with Gasteiger partial charge in [-0.1, -0.05) is 5.16 Å². The van der Waals surface area contributed by atoms with Crippen LogP contribution in [0, 0.1) is 0 Å². The summed E-state index contributed by atoms with van der Waals surface area (Å²) in [4.78, 5) is 10.4. The third-order valence-corrected chi connectivity index (χ3v) is 3.76. The topological polar surface area (TPSA) is 127 Å². The van der Waals surface area contributed by atoms with Crippen molar-refractivity contribution >= 4 is 16.0 Å². The van der Waals surface area contributed by atoms with Crippen molar-refractivity contribution in [2.45, 2.75) is 24.4 Å². The Labute approximate surface area is 114 Å². The van der Waals surface area contributed by atoms with E-state index in [4.69, 9.17) is 9.63 Å². The number of aromatic nitrogens is 3. The van der Waals surface area contributed by atoms with Crippen LogP contribution in [0.5, 0.6) is 0 Å². The molecule has 0 amide bonds. The minimum absolute atomic E-state index is 0.0252. The van der Waals surface area contributed by atoms with Crippen molar-refractivity contribution in [3.05, 3.63) is 30.4 Å². The Hall–Kier alpha value is -2.20. The molecule has 0 aliphatic carbocycles. The number of rotatable bonds is 7. The second kappa shape index (κ2) is 5.84. The van der Waals surface area contributed by atoms with Gasteiger partial charge in [0.25, 0.3) is 0 Å². The molecule has 0 aliphatic rings. The highest BCUT2D eigenvalue weighted by Crippen LogP contribution is 2.08. The zero-order chi connectivity index (χ0) is 14.6. The number of aryl methyl sites for hydroxylation is 1. The van der Waals surface area contributed by atoms with Gasteiger partial charge in [-0.15, -0.1) is 0 Å². The highest BCUT2D eigenvalue weighted by atomic mass is 32.2. The number of hydrogen-bond acceptors (Lipinski definition) is 6. The summed E-state index contributed by atoms with van der Waals surface area (Å²) < 4.78 is 32.2. The molecule has 0 radical (unpaired) electrons. The Morgan fingerprint density at radius 3 is 2.95 bits per heavy atom. The number of sulfonamides is 1. The maximum absolute atomic E-state index is 11.9. The lowest BCUT2D eigenvalue weighted by molar-refractivity contribution is -0.137. The highest BCUT2D eigenvalue weighted by molar-refractivity contribution is 7.89. The molecule has 2 aromatic rings. The molecule has 0 bridgehead atoms. The van der Waals surface area contributed by atoms with E-state index in [2.05, 4.69) is 15.0 Å². The van der Waals surface area contributed by atoms with Crippen LogP contribution < -0.4 is 4.72 Å². The molecule has 0 aromatic carbocycles. The minimum atomic E-state index is -3.72. The van der Waals surface area contributed by atoms with Gasteiger partial charge in [-0.3, -0.25) is 9.48 Å². The summed E-state index contributed by atoms with van der Waals surface area (Å²) in [5.41, 5.74) is 0. The first-order valence-electron chi connectivity index (χ1n) is 5.61. The van der Waals surface area contributed by atoms with E-state index in [1.807, 2.05) is 0 Å². The molecule has 2 rings (SSSR count). The molecule has 108 valence electrons. The fourth-order valence-electron chi connectivity index (χ4n) is 1.40. The van der Waals surface area contributed by atoms with Crippen molar-refractivity contribution < 1.29 is 22.8 Å². The van der Waals surface area contributed by atoms with Gasteiger partial charge >= 0.3 is 5.97 Å². The molecule has 9 nitrogen and oxygen atoms in total. The third-order valence-electron chi connectivity index (χ3n) is 2.40. The summed E-state index contributed by atoms with van der Waals surface area (Å²) in [5, 5.41) is 15.8. The number of carbonyl (C=O) groups is 1. The van der Waals surface area contributed by atoms with Crippen molar-refractivity contribution in [3.63, 3.8) is 0 Å². The van der Waals surface area contributed by atoms with Crippen molar-refractivity contribution in [1.82, 2.24) is 19.7 Å². The van der Waals surface area contributed by atoms with Crippen LogP contribution in [0.25, 0.3) is 0 Å². The lowest BCUT2D eigenvalue weighted by Crippen LogP contribution is -2.22. The number of carboxylic acids is 1. The van der Waals surface area contributed by atoms with E-state index in [0.29, 0.717) is 5.76 Å². The zero-order valence-corrected chi connectivity index (χ0v) is 11.1. The summed E-state index contributed by atoms with van der Waals surface area (Å²) in [6.45, 7) is 0.0790. The Morgan fingerprint density at radius 2 is 2.30 bits per heavy atom. The molecule has 0 spiro atoms. The van der Waals surface area contributed by atoms with Gasteiger partial charge in [-0.2, -0.15) is 5.10 Å². The Morgan fingerprint density at radius 1 is 1.50 bits per heavy atom. The van der Waals surface area contributed by atoms with Crippen molar-refractivity contribution in [3.8, 4) is 0 Å². The van der Waals surface area contributed by atoms with Gasteiger partial charge < -0.3 is 9.63 Å². The average molecular weight is 300 g/mol. The molecule has 10 heteroatoms. The second-order valence-corrected chi connectivity index (χ2v) is 5.65. The SMILES string of the molecule is O=C(O)CCn1cc(S(=O)(=O)NCc2ccno2)cn1. The van der Waals surface area contributed by atoms with Crippen LogP contribution in [0.15, 0.2) is 34.1 Å². The standard InChI is InChI=1S/C10H12N4O5S/c15-10(16)2-4-14-7-9(6-11-14)20(17,18)13-5-8-1-3-12-19-8/h1,3,6-7,13H,2,4-5H2,(H,15,16). The lowest BCUT2D eigenvalue weighted by atomic mass is 10.4. The van der Waals surface area contributed by atoms with E-state index in [0.717, 1.165) is 6.20 Å². The van der Waals surface area contributed by atoms with Gasteiger partial charge in [0.1, 0.15) is 4.90 Å². The van der Waals surface area contributed by atoms with Crippen LogP contribution in [0.1, 0.15) is 12.2 Å². The summed E-state index contributed by atoms with van der Waals surface area (Å²) in [5.74, 6) is -0.597. The van der Waals surface area contributed by atoms with Crippen molar-refractivity contribution in [2.75, 3.05) is 0 Å². The molecular formula is C10H12N4O5S. The fraction of sp³-hybridized carbons (Fsp3) is 0.300. The largest absolute Gasteiger partial charge is 0.481 e. The maximum atomic E-state index is 11.9. The third kappa shape index (κ3) is 3.65. The molecular weight excluding hydrogens is 288 g/mol.